The molecule has 0 aliphatic heterocycles. The maximum Gasteiger partial charge on any atom is 0.166 e. The fourth-order valence-corrected chi connectivity index (χ4v) is 1.57. The molecule has 0 atom stereocenters. The Hall–Kier alpha value is -1.25. The van der Waals surface area contributed by atoms with E-state index in [4.69, 9.17) is 0 Å². The normalized spacial score (nSPS) is 15.8. The van der Waals surface area contributed by atoms with Crippen LogP contribution in [0.25, 0.3) is 0 Å². The molecule has 0 spiro atoms. The second-order valence-electron chi connectivity index (χ2n) is 4.73. The maximum atomic E-state index is 11.3. The quantitative estimate of drug-likeness (QED) is 0.627. The smallest absolute Gasteiger partial charge is 0.166 e. The number of nitrogens with zero attached hydrogens (tertiary/aromatic N) is 2. The van der Waals surface area contributed by atoms with Gasteiger partial charge in [-0.05, 0) is 6.42 Å². The zero-order valence-electron chi connectivity index (χ0n) is 8.79. The van der Waals surface area contributed by atoms with Crippen LogP contribution in [0.3, 0.4) is 0 Å². The van der Waals surface area contributed by atoms with Crippen LogP contribution in [0, 0.1) is 0 Å². The van der Waals surface area contributed by atoms with Crippen LogP contribution in [0.2, 0.25) is 0 Å². The van der Waals surface area contributed by atoms with E-state index in [0.717, 1.165) is 23.5 Å². The molecule has 3 heteroatoms. The van der Waals surface area contributed by atoms with Gasteiger partial charge in [0, 0.05) is 18.0 Å². The van der Waals surface area contributed by atoms with Crippen molar-refractivity contribution >= 4 is 5.78 Å². The lowest BCUT2D eigenvalue weighted by Gasteiger charge is -2.16. The lowest BCUT2D eigenvalue weighted by molar-refractivity contribution is 0.0994. The summed E-state index contributed by atoms with van der Waals surface area (Å²) in [4.78, 5) is 20.0. The Labute approximate surface area is 83.6 Å². The third-order valence-electron chi connectivity index (χ3n) is 2.43. The number of rotatable bonds is 0. The van der Waals surface area contributed by atoms with Gasteiger partial charge in [-0.25, -0.2) is 9.97 Å². The zero-order valence-corrected chi connectivity index (χ0v) is 8.79. The Morgan fingerprint density at radius 1 is 1.29 bits per heavy atom. The highest BCUT2D eigenvalue weighted by atomic mass is 16.1. The van der Waals surface area contributed by atoms with E-state index in [1.54, 1.807) is 6.20 Å². The second-order valence-corrected chi connectivity index (χ2v) is 4.73. The summed E-state index contributed by atoms with van der Waals surface area (Å²) in [6.45, 7) is 6.22. The first-order valence-corrected chi connectivity index (χ1v) is 4.88. The monoisotopic (exact) mass is 190 g/mol. The second kappa shape index (κ2) is 2.87. The SMILES string of the molecule is CC(C)(C)c1ncc2c(n1)CCC2=O. The minimum Gasteiger partial charge on any atom is -0.294 e. The van der Waals surface area contributed by atoms with Gasteiger partial charge in [-0.2, -0.15) is 0 Å². The van der Waals surface area contributed by atoms with Crippen LogP contribution in [0.1, 0.15) is 49.1 Å². The molecule has 14 heavy (non-hydrogen) atoms. The molecule has 0 N–H and O–H groups in total. The van der Waals surface area contributed by atoms with E-state index in [1.807, 2.05) is 0 Å². The highest BCUT2D eigenvalue weighted by Crippen LogP contribution is 2.23. The lowest BCUT2D eigenvalue weighted by atomic mass is 9.95. The van der Waals surface area contributed by atoms with Crippen LogP contribution in [0.4, 0.5) is 0 Å². The summed E-state index contributed by atoms with van der Waals surface area (Å²) in [7, 11) is 0. The Balaban J connectivity index is 2.47. The minimum absolute atomic E-state index is 0.0410. The molecule has 0 amide bonds. The minimum atomic E-state index is -0.0410. The van der Waals surface area contributed by atoms with Crippen molar-refractivity contribution in [2.75, 3.05) is 0 Å². The summed E-state index contributed by atoms with van der Waals surface area (Å²) in [6.07, 6.45) is 3.05. The molecule has 74 valence electrons. The molecule has 0 radical (unpaired) electrons. The highest BCUT2D eigenvalue weighted by molar-refractivity contribution is 5.99. The summed E-state index contributed by atoms with van der Waals surface area (Å²) in [5.41, 5.74) is 1.61. The summed E-state index contributed by atoms with van der Waals surface area (Å²) in [5.74, 6) is 1.01. The summed E-state index contributed by atoms with van der Waals surface area (Å²) in [6, 6.07) is 0. The molecule has 1 aromatic rings. The Kier molecular flexibility index (Phi) is 1.91. The predicted octanol–water partition coefficient (Wildman–Crippen LogP) is 1.90. The summed E-state index contributed by atoms with van der Waals surface area (Å²) in [5, 5.41) is 0. The Morgan fingerprint density at radius 3 is 2.64 bits per heavy atom. The van der Waals surface area contributed by atoms with Crippen LogP contribution in [0.5, 0.6) is 0 Å². The average molecular weight is 190 g/mol. The number of hydrogen-bond donors (Lipinski definition) is 0. The molecule has 1 heterocycles. The molecule has 1 aromatic heterocycles. The first-order valence-electron chi connectivity index (χ1n) is 4.88. The Morgan fingerprint density at radius 2 is 2.00 bits per heavy atom. The average Bonchev–Trinajstić information content (AvgIpc) is 2.46. The van der Waals surface area contributed by atoms with Crippen LogP contribution in [-0.4, -0.2) is 15.8 Å². The summed E-state index contributed by atoms with van der Waals surface area (Å²) >= 11 is 0. The molecule has 0 aromatic carbocycles. The first-order chi connectivity index (χ1) is 6.48. The topological polar surface area (TPSA) is 42.9 Å². The van der Waals surface area contributed by atoms with Crippen molar-refractivity contribution < 1.29 is 4.79 Å². The van der Waals surface area contributed by atoms with E-state index in [0.29, 0.717) is 6.42 Å². The van der Waals surface area contributed by atoms with Crippen molar-refractivity contribution in [1.29, 1.82) is 0 Å². The van der Waals surface area contributed by atoms with Crippen molar-refractivity contribution in [3.05, 3.63) is 23.3 Å². The van der Waals surface area contributed by atoms with Crippen molar-refractivity contribution in [3.8, 4) is 0 Å². The van der Waals surface area contributed by atoms with Gasteiger partial charge in [0.25, 0.3) is 0 Å². The number of carbonyl (C=O) groups excluding carboxylic acids is 1. The molecular formula is C11H14N2O. The molecule has 1 aliphatic carbocycles. The van der Waals surface area contributed by atoms with Crippen molar-refractivity contribution in [3.63, 3.8) is 0 Å². The number of ketones is 1. The van der Waals surface area contributed by atoms with E-state index in [1.165, 1.54) is 0 Å². The molecule has 3 nitrogen and oxygen atoms in total. The van der Waals surface area contributed by atoms with Crippen molar-refractivity contribution in [2.24, 2.45) is 0 Å². The van der Waals surface area contributed by atoms with Gasteiger partial charge in [-0.1, -0.05) is 20.8 Å². The van der Waals surface area contributed by atoms with Gasteiger partial charge in [-0.3, -0.25) is 4.79 Å². The fraction of sp³-hybridized carbons (Fsp3) is 0.545. The number of hydrogen-bond acceptors (Lipinski definition) is 3. The zero-order chi connectivity index (χ0) is 10.3. The van der Waals surface area contributed by atoms with Gasteiger partial charge in [0.05, 0.1) is 11.3 Å². The molecule has 0 bridgehead atoms. The molecule has 1 aliphatic rings. The fourth-order valence-electron chi connectivity index (χ4n) is 1.57. The maximum absolute atomic E-state index is 11.3. The van der Waals surface area contributed by atoms with Crippen LogP contribution >= 0.6 is 0 Å². The van der Waals surface area contributed by atoms with E-state index >= 15 is 0 Å². The molecule has 0 saturated carbocycles. The van der Waals surface area contributed by atoms with Crippen LogP contribution in [0.15, 0.2) is 6.20 Å². The molecule has 0 unspecified atom stereocenters. The van der Waals surface area contributed by atoms with E-state index < -0.39 is 0 Å². The van der Waals surface area contributed by atoms with Gasteiger partial charge in [0.15, 0.2) is 5.78 Å². The summed E-state index contributed by atoms with van der Waals surface area (Å²) < 4.78 is 0. The predicted molar refractivity (Wildman–Crippen MR) is 53.4 cm³/mol. The number of Topliss-reactive ketones (excluding diaryl/α,β-unsaturated/α-hetero) is 1. The van der Waals surface area contributed by atoms with Gasteiger partial charge < -0.3 is 0 Å². The third kappa shape index (κ3) is 1.43. The third-order valence-corrected chi connectivity index (χ3v) is 2.43. The van der Waals surface area contributed by atoms with Crippen molar-refractivity contribution in [1.82, 2.24) is 9.97 Å². The number of carbonyl (C=O) groups is 1. The van der Waals surface area contributed by atoms with Gasteiger partial charge in [0.1, 0.15) is 5.82 Å². The lowest BCUT2D eigenvalue weighted by Crippen LogP contribution is -2.17. The van der Waals surface area contributed by atoms with E-state index in [9.17, 15) is 4.79 Å². The van der Waals surface area contributed by atoms with Crippen LogP contribution in [-0.2, 0) is 11.8 Å². The Bertz CT molecular complexity index is 391. The molecule has 0 fully saturated rings. The van der Waals surface area contributed by atoms with Gasteiger partial charge in [-0.15, -0.1) is 0 Å². The van der Waals surface area contributed by atoms with E-state index in [-0.39, 0.29) is 11.2 Å². The first kappa shape index (κ1) is 9.31. The number of aromatic nitrogens is 2. The molecule has 0 saturated heterocycles. The van der Waals surface area contributed by atoms with Gasteiger partial charge in [0.2, 0.25) is 0 Å². The van der Waals surface area contributed by atoms with Crippen LogP contribution < -0.4 is 0 Å². The standard InChI is InChI=1S/C11H14N2O/c1-11(2,3)10-12-6-7-8(13-10)4-5-9(7)14/h6H,4-5H2,1-3H3. The van der Waals surface area contributed by atoms with Gasteiger partial charge >= 0.3 is 0 Å². The number of fused-ring (bicyclic) bond motifs is 1. The van der Waals surface area contributed by atoms with E-state index in [2.05, 4.69) is 30.7 Å². The number of aryl methyl sites for hydroxylation is 1. The molecule has 2 rings (SSSR count). The molecular weight excluding hydrogens is 176 g/mol. The van der Waals surface area contributed by atoms with Crippen molar-refractivity contribution in [2.45, 2.75) is 39.0 Å². The largest absolute Gasteiger partial charge is 0.294 e. The highest BCUT2D eigenvalue weighted by Gasteiger charge is 2.25.